The van der Waals surface area contributed by atoms with Crippen molar-refractivity contribution in [2.75, 3.05) is 0 Å². The molecular weight excluding hydrogens is 242 g/mol. The van der Waals surface area contributed by atoms with Gasteiger partial charge in [0, 0.05) is 9.38 Å². The van der Waals surface area contributed by atoms with Gasteiger partial charge >= 0.3 is 0 Å². The highest BCUT2D eigenvalue weighted by atomic mass is 79.9. The zero-order valence-electron chi connectivity index (χ0n) is 7.65. The van der Waals surface area contributed by atoms with Crippen LogP contribution < -0.4 is 0 Å². The van der Waals surface area contributed by atoms with E-state index in [-0.39, 0.29) is 6.04 Å². The van der Waals surface area contributed by atoms with Crippen molar-refractivity contribution < 1.29 is 0 Å². The fraction of sp³-hybridized carbons (Fsp3) is 0.400. The summed E-state index contributed by atoms with van der Waals surface area (Å²) in [4.78, 5) is 2.90. The highest BCUT2D eigenvalue weighted by Crippen LogP contribution is 2.36. The van der Waals surface area contributed by atoms with Crippen LogP contribution in [0.1, 0.15) is 30.0 Å². The van der Waals surface area contributed by atoms with Crippen LogP contribution in [0.5, 0.6) is 0 Å². The Balaban J connectivity index is 2.49. The van der Waals surface area contributed by atoms with E-state index in [1.165, 1.54) is 11.1 Å². The van der Waals surface area contributed by atoms with Crippen LogP contribution in [0, 0.1) is 0 Å². The Morgan fingerprint density at radius 2 is 2.36 bits per heavy atom. The molecule has 2 rings (SSSR count). The first-order valence-electron chi connectivity index (χ1n) is 4.64. The van der Waals surface area contributed by atoms with Crippen LogP contribution in [0.25, 0.3) is 10.4 Å². The number of hydrogen-bond acceptors (Lipinski definition) is 1. The van der Waals surface area contributed by atoms with Gasteiger partial charge in [0.15, 0.2) is 0 Å². The zero-order chi connectivity index (χ0) is 9.97. The van der Waals surface area contributed by atoms with Gasteiger partial charge in [0.05, 0.1) is 6.04 Å². The van der Waals surface area contributed by atoms with E-state index in [1.54, 1.807) is 0 Å². The maximum atomic E-state index is 8.46. The molecule has 0 spiro atoms. The third kappa shape index (κ3) is 1.63. The van der Waals surface area contributed by atoms with Crippen molar-refractivity contribution in [1.29, 1.82) is 0 Å². The average Bonchev–Trinajstić information content (AvgIpc) is 2.20. The molecule has 0 amide bonds. The Morgan fingerprint density at radius 1 is 1.50 bits per heavy atom. The molecular formula is C10H10BrN3. The minimum atomic E-state index is 0.0289. The van der Waals surface area contributed by atoms with Crippen molar-refractivity contribution in [3.63, 3.8) is 0 Å². The first-order chi connectivity index (χ1) is 6.83. The van der Waals surface area contributed by atoms with Gasteiger partial charge in [-0.1, -0.05) is 33.2 Å². The van der Waals surface area contributed by atoms with E-state index >= 15 is 0 Å². The number of halogens is 1. The first kappa shape index (κ1) is 9.56. The smallest absolute Gasteiger partial charge is 0.0628 e. The van der Waals surface area contributed by atoms with Gasteiger partial charge in [0.25, 0.3) is 0 Å². The SMILES string of the molecule is [N-]=[N+]=N[C@@H]1CCCc2c(Br)cccc21. The normalized spacial score (nSPS) is 19.6. The lowest BCUT2D eigenvalue weighted by Gasteiger charge is -2.22. The summed E-state index contributed by atoms with van der Waals surface area (Å²) in [7, 11) is 0. The van der Waals surface area contributed by atoms with Crippen LogP contribution in [0.3, 0.4) is 0 Å². The lowest BCUT2D eigenvalue weighted by molar-refractivity contribution is 0.566. The van der Waals surface area contributed by atoms with Crippen LogP contribution in [0.15, 0.2) is 27.8 Å². The Morgan fingerprint density at radius 3 is 3.14 bits per heavy atom. The van der Waals surface area contributed by atoms with Gasteiger partial charge in [-0.3, -0.25) is 0 Å². The minimum absolute atomic E-state index is 0.0289. The zero-order valence-corrected chi connectivity index (χ0v) is 9.24. The molecule has 0 aromatic heterocycles. The molecule has 0 saturated carbocycles. The van der Waals surface area contributed by atoms with E-state index in [2.05, 4.69) is 32.0 Å². The maximum Gasteiger partial charge on any atom is 0.0628 e. The van der Waals surface area contributed by atoms with Gasteiger partial charge in [0.2, 0.25) is 0 Å². The molecule has 4 heteroatoms. The Kier molecular flexibility index (Phi) is 2.75. The van der Waals surface area contributed by atoms with Gasteiger partial charge < -0.3 is 0 Å². The molecule has 0 fully saturated rings. The Labute approximate surface area is 90.9 Å². The molecule has 0 saturated heterocycles. The van der Waals surface area contributed by atoms with Crippen molar-refractivity contribution in [2.24, 2.45) is 5.11 Å². The highest BCUT2D eigenvalue weighted by molar-refractivity contribution is 9.10. The van der Waals surface area contributed by atoms with E-state index in [0.717, 1.165) is 23.7 Å². The number of hydrogen-bond donors (Lipinski definition) is 0. The van der Waals surface area contributed by atoms with Crippen LogP contribution in [-0.4, -0.2) is 0 Å². The molecule has 72 valence electrons. The predicted molar refractivity (Wildman–Crippen MR) is 59.0 cm³/mol. The van der Waals surface area contributed by atoms with E-state index in [9.17, 15) is 0 Å². The Hall–Kier alpha value is -0.990. The standard InChI is InChI=1S/C10H10BrN3/c11-9-5-1-4-8-7(9)3-2-6-10(8)13-14-12/h1,4-5,10H,2-3,6H2/t10-/m1/s1. The van der Waals surface area contributed by atoms with Gasteiger partial charge in [-0.15, -0.1) is 0 Å². The van der Waals surface area contributed by atoms with Crippen LogP contribution >= 0.6 is 15.9 Å². The number of nitrogens with zero attached hydrogens (tertiary/aromatic N) is 3. The summed E-state index contributed by atoms with van der Waals surface area (Å²) < 4.78 is 1.13. The van der Waals surface area contributed by atoms with E-state index in [0.29, 0.717) is 0 Å². The third-order valence-electron chi connectivity index (χ3n) is 2.61. The van der Waals surface area contributed by atoms with Crippen molar-refractivity contribution >= 4 is 15.9 Å². The first-order valence-corrected chi connectivity index (χ1v) is 5.43. The van der Waals surface area contributed by atoms with Gasteiger partial charge in [0.1, 0.15) is 0 Å². The molecule has 0 N–H and O–H groups in total. The summed E-state index contributed by atoms with van der Waals surface area (Å²) in [6.45, 7) is 0. The highest BCUT2D eigenvalue weighted by Gasteiger charge is 2.20. The number of benzene rings is 1. The van der Waals surface area contributed by atoms with Crippen molar-refractivity contribution in [2.45, 2.75) is 25.3 Å². The average molecular weight is 252 g/mol. The Bertz CT molecular complexity index is 396. The fourth-order valence-electron chi connectivity index (χ4n) is 1.96. The van der Waals surface area contributed by atoms with E-state index < -0.39 is 0 Å². The molecule has 1 atom stereocenters. The van der Waals surface area contributed by atoms with Crippen molar-refractivity contribution in [3.05, 3.63) is 44.2 Å². The second kappa shape index (κ2) is 4.03. The van der Waals surface area contributed by atoms with Crippen molar-refractivity contribution in [1.82, 2.24) is 0 Å². The quantitative estimate of drug-likeness (QED) is 0.409. The second-order valence-corrected chi connectivity index (χ2v) is 4.27. The third-order valence-corrected chi connectivity index (χ3v) is 3.35. The molecule has 1 aliphatic carbocycles. The molecule has 1 aromatic rings. The summed E-state index contributed by atoms with van der Waals surface area (Å²) in [6.07, 6.45) is 3.14. The molecule has 0 bridgehead atoms. The van der Waals surface area contributed by atoms with Crippen LogP contribution in [-0.2, 0) is 6.42 Å². The predicted octanol–water partition coefficient (Wildman–Crippen LogP) is 4.14. The fourth-order valence-corrected chi connectivity index (χ4v) is 2.54. The summed E-state index contributed by atoms with van der Waals surface area (Å²) in [5.74, 6) is 0. The molecule has 1 aromatic carbocycles. The molecule has 14 heavy (non-hydrogen) atoms. The molecule has 3 nitrogen and oxygen atoms in total. The molecule has 0 radical (unpaired) electrons. The van der Waals surface area contributed by atoms with Crippen LogP contribution in [0.2, 0.25) is 0 Å². The summed E-state index contributed by atoms with van der Waals surface area (Å²) in [6, 6.07) is 6.12. The van der Waals surface area contributed by atoms with Gasteiger partial charge in [-0.05, 0) is 42.0 Å². The number of rotatable bonds is 1. The monoisotopic (exact) mass is 251 g/mol. The minimum Gasteiger partial charge on any atom is -0.0859 e. The summed E-state index contributed by atoms with van der Waals surface area (Å²) >= 11 is 3.53. The van der Waals surface area contributed by atoms with Gasteiger partial charge in [-0.2, -0.15) is 0 Å². The summed E-state index contributed by atoms with van der Waals surface area (Å²) in [5, 5.41) is 3.83. The largest absolute Gasteiger partial charge is 0.0859 e. The molecule has 0 unspecified atom stereocenters. The molecule has 0 aliphatic heterocycles. The number of fused-ring (bicyclic) bond motifs is 1. The van der Waals surface area contributed by atoms with E-state index in [4.69, 9.17) is 5.53 Å². The van der Waals surface area contributed by atoms with Crippen molar-refractivity contribution in [3.8, 4) is 0 Å². The lowest BCUT2D eigenvalue weighted by atomic mass is 9.88. The number of azide groups is 1. The molecule has 1 aliphatic rings. The topological polar surface area (TPSA) is 48.8 Å². The van der Waals surface area contributed by atoms with E-state index in [1.807, 2.05) is 12.1 Å². The lowest BCUT2D eigenvalue weighted by Crippen LogP contribution is -2.07. The summed E-state index contributed by atoms with van der Waals surface area (Å²) in [5.41, 5.74) is 10.9. The second-order valence-electron chi connectivity index (χ2n) is 3.42. The maximum absolute atomic E-state index is 8.46. The van der Waals surface area contributed by atoms with Crippen LogP contribution in [0.4, 0.5) is 0 Å². The van der Waals surface area contributed by atoms with Gasteiger partial charge in [-0.25, -0.2) is 0 Å². The molecule has 0 heterocycles.